The lowest BCUT2D eigenvalue weighted by atomic mass is 9.68. The number of aliphatic hydroxyl groups excluding tert-OH is 1. The van der Waals surface area contributed by atoms with Crippen LogP contribution in [-0.2, 0) is 10.2 Å². The van der Waals surface area contributed by atoms with Gasteiger partial charge in [-0.15, -0.1) is 0 Å². The first-order valence-electron chi connectivity index (χ1n) is 8.36. The average molecular weight is 329 g/mol. The molecular weight excluding hydrogens is 310 g/mol. The van der Waals surface area contributed by atoms with Crippen molar-refractivity contribution in [1.29, 1.82) is 0 Å². The van der Waals surface area contributed by atoms with Gasteiger partial charge < -0.3 is 5.11 Å². The molecule has 0 saturated carbocycles. The second kappa shape index (κ2) is 5.87. The second-order valence-electron chi connectivity index (χ2n) is 6.50. The van der Waals surface area contributed by atoms with Crippen LogP contribution in [0.1, 0.15) is 18.1 Å². The molecule has 0 bridgehead atoms. The summed E-state index contributed by atoms with van der Waals surface area (Å²) >= 11 is 0. The van der Waals surface area contributed by atoms with E-state index >= 15 is 0 Å². The number of carbonyl (C=O) groups is 1. The van der Waals surface area contributed by atoms with Crippen LogP contribution in [0.25, 0.3) is 0 Å². The number of fused-ring (bicyclic) bond motifs is 1. The van der Waals surface area contributed by atoms with E-state index in [9.17, 15) is 9.90 Å². The highest BCUT2D eigenvalue weighted by Gasteiger charge is 2.49. The fourth-order valence-electron chi connectivity index (χ4n) is 3.68. The number of anilines is 2. The Bertz CT molecular complexity index is 908. The SMILES string of the molecule is C[C@@]1(c2ccccc2)c2ccccc2N(c2ccccc2)C(=O)[C@@H]1O. The summed E-state index contributed by atoms with van der Waals surface area (Å²) in [5, 5.41) is 11.0. The van der Waals surface area contributed by atoms with Crippen LogP contribution in [0.2, 0.25) is 0 Å². The number of hydrogen-bond acceptors (Lipinski definition) is 2. The Balaban J connectivity index is 1.97. The summed E-state index contributed by atoms with van der Waals surface area (Å²) in [6.45, 7) is 1.94. The molecule has 1 aliphatic heterocycles. The van der Waals surface area contributed by atoms with Crippen molar-refractivity contribution in [1.82, 2.24) is 0 Å². The van der Waals surface area contributed by atoms with Crippen molar-refractivity contribution in [2.75, 3.05) is 4.90 Å². The zero-order valence-electron chi connectivity index (χ0n) is 14.0. The predicted molar refractivity (Wildman–Crippen MR) is 98.9 cm³/mol. The number of amides is 1. The maximum Gasteiger partial charge on any atom is 0.261 e. The maximum atomic E-state index is 13.2. The number of nitrogens with zero attached hydrogens (tertiary/aromatic N) is 1. The molecule has 0 fully saturated rings. The highest BCUT2D eigenvalue weighted by atomic mass is 16.3. The number of rotatable bonds is 2. The average Bonchev–Trinajstić information content (AvgIpc) is 2.68. The summed E-state index contributed by atoms with van der Waals surface area (Å²) in [6.07, 6.45) is -1.16. The Hall–Kier alpha value is -2.91. The molecule has 1 N–H and O–H groups in total. The summed E-state index contributed by atoms with van der Waals surface area (Å²) in [5.41, 5.74) is 2.65. The van der Waals surface area contributed by atoms with Gasteiger partial charge in [-0.25, -0.2) is 0 Å². The van der Waals surface area contributed by atoms with Crippen molar-refractivity contribution in [3.05, 3.63) is 96.1 Å². The Morgan fingerprint density at radius 2 is 1.40 bits per heavy atom. The van der Waals surface area contributed by atoms with Crippen LogP contribution in [0.3, 0.4) is 0 Å². The molecule has 1 heterocycles. The number of carbonyl (C=O) groups excluding carboxylic acids is 1. The van der Waals surface area contributed by atoms with Crippen molar-refractivity contribution in [3.8, 4) is 0 Å². The molecule has 3 nitrogen and oxygen atoms in total. The Kier molecular flexibility index (Phi) is 3.66. The summed E-state index contributed by atoms with van der Waals surface area (Å²) in [6, 6.07) is 27.0. The predicted octanol–water partition coefficient (Wildman–Crippen LogP) is 4.03. The van der Waals surface area contributed by atoms with E-state index in [0.29, 0.717) is 0 Å². The monoisotopic (exact) mass is 329 g/mol. The van der Waals surface area contributed by atoms with Crippen LogP contribution in [0, 0.1) is 0 Å². The molecule has 3 aromatic carbocycles. The van der Waals surface area contributed by atoms with Crippen molar-refractivity contribution in [2.24, 2.45) is 0 Å². The largest absolute Gasteiger partial charge is 0.382 e. The van der Waals surface area contributed by atoms with Gasteiger partial charge in [-0.3, -0.25) is 9.69 Å². The zero-order chi connectivity index (χ0) is 17.4. The lowest BCUT2D eigenvalue weighted by Crippen LogP contribution is -2.53. The topological polar surface area (TPSA) is 40.5 Å². The number of hydrogen-bond donors (Lipinski definition) is 1. The van der Waals surface area contributed by atoms with E-state index in [1.165, 1.54) is 0 Å². The zero-order valence-corrected chi connectivity index (χ0v) is 14.0. The van der Waals surface area contributed by atoms with Crippen molar-refractivity contribution >= 4 is 17.3 Å². The Labute approximate surface area is 147 Å². The quantitative estimate of drug-likeness (QED) is 0.771. The van der Waals surface area contributed by atoms with Crippen LogP contribution in [-0.4, -0.2) is 17.1 Å². The summed E-state index contributed by atoms with van der Waals surface area (Å²) in [7, 11) is 0. The minimum absolute atomic E-state index is 0.309. The Morgan fingerprint density at radius 3 is 2.08 bits per heavy atom. The van der Waals surface area contributed by atoms with E-state index in [2.05, 4.69) is 0 Å². The maximum absolute atomic E-state index is 13.2. The second-order valence-corrected chi connectivity index (χ2v) is 6.50. The van der Waals surface area contributed by atoms with Gasteiger partial charge in [0, 0.05) is 5.69 Å². The van der Waals surface area contributed by atoms with Crippen molar-refractivity contribution in [2.45, 2.75) is 18.4 Å². The van der Waals surface area contributed by atoms with Gasteiger partial charge in [0.2, 0.25) is 0 Å². The molecule has 3 heteroatoms. The molecule has 0 aliphatic carbocycles. The first kappa shape index (κ1) is 15.6. The van der Waals surface area contributed by atoms with Crippen molar-refractivity contribution < 1.29 is 9.90 Å². The summed E-state index contributed by atoms with van der Waals surface area (Å²) in [5.74, 6) is -0.309. The van der Waals surface area contributed by atoms with Crippen LogP contribution in [0.15, 0.2) is 84.9 Å². The summed E-state index contributed by atoms with van der Waals surface area (Å²) < 4.78 is 0. The van der Waals surface area contributed by atoms with Gasteiger partial charge in [-0.05, 0) is 36.2 Å². The molecule has 0 saturated heterocycles. The molecular formula is C22H19NO2. The molecule has 124 valence electrons. The van der Waals surface area contributed by atoms with E-state index < -0.39 is 11.5 Å². The van der Waals surface area contributed by atoms with E-state index in [4.69, 9.17) is 0 Å². The molecule has 4 rings (SSSR count). The van der Waals surface area contributed by atoms with E-state index in [1.54, 1.807) is 4.90 Å². The minimum Gasteiger partial charge on any atom is -0.382 e. The number of para-hydroxylation sites is 2. The van der Waals surface area contributed by atoms with Gasteiger partial charge >= 0.3 is 0 Å². The third-order valence-electron chi connectivity index (χ3n) is 5.09. The van der Waals surface area contributed by atoms with Gasteiger partial charge in [0.1, 0.15) is 6.10 Å². The third-order valence-corrected chi connectivity index (χ3v) is 5.09. The lowest BCUT2D eigenvalue weighted by molar-refractivity contribution is -0.129. The molecule has 0 unspecified atom stereocenters. The Morgan fingerprint density at radius 1 is 0.840 bits per heavy atom. The summed E-state index contributed by atoms with van der Waals surface area (Å²) in [4.78, 5) is 14.8. The van der Waals surface area contributed by atoms with E-state index in [1.807, 2.05) is 91.9 Å². The first-order valence-corrected chi connectivity index (χ1v) is 8.36. The van der Waals surface area contributed by atoms with Gasteiger partial charge in [-0.1, -0.05) is 66.7 Å². The van der Waals surface area contributed by atoms with Gasteiger partial charge in [0.15, 0.2) is 0 Å². The minimum atomic E-state index is -1.16. The van der Waals surface area contributed by atoms with E-state index in [-0.39, 0.29) is 5.91 Å². The smallest absolute Gasteiger partial charge is 0.261 e. The molecule has 3 aromatic rings. The van der Waals surface area contributed by atoms with Crippen LogP contribution < -0.4 is 4.90 Å². The molecule has 0 aromatic heterocycles. The highest BCUT2D eigenvalue weighted by Crippen LogP contribution is 2.47. The van der Waals surface area contributed by atoms with Gasteiger partial charge in [-0.2, -0.15) is 0 Å². The highest BCUT2D eigenvalue weighted by molar-refractivity contribution is 6.07. The molecule has 1 aliphatic rings. The van der Waals surface area contributed by atoms with Crippen LogP contribution in [0.5, 0.6) is 0 Å². The van der Waals surface area contributed by atoms with Crippen LogP contribution >= 0.6 is 0 Å². The third kappa shape index (κ3) is 2.28. The fraction of sp³-hybridized carbons (Fsp3) is 0.136. The first-order chi connectivity index (χ1) is 12.1. The normalized spacial score (nSPS) is 22.6. The standard InChI is InChI=1S/C22H19NO2/c1-22(16-10-4-2-5-11-16)18-14-8-9-15-19(18)23(21(25)20(22)24)17-12-6-3-7-13-17/h2-15,20,24H,1H3/t20-,22+/m0/s1. The number of aliphatic hydroxyl groups is 1. The molecule has 1 amide bonds. The molecule has 25 heavy (non-hydrogen) atoms. The molecule has 0 radical (unpaired) electrons. The van der Waals surface area contributed by atoms with E-state index in [0.717, 1.165) is 22.5 Å². The molecule has 0 spiro atoms. The van der Waals surface area contributed by atoms with Gasteiger partial charge in [0.25, 0.3) is 5.91 Å². The van der Waals surface area contributed by atoms with Crippen LogP contribution in [0.4, 0.5) is 11.4 Å². The number of benzene rings is 3. The lowest BCUT2D eigenvalue weighted by Gasteiger charge is -2.44. The van der Waals surface area contributed by atoms with Crippen molar-refractivity contribution in [3.63, 3.8) is 0 Å². The molecule has 2 atom stereocenters. The fourth-order valence-corrected chi connectivity index (χ4v) is 3.68. The van der Waals surface area contributed by atoms with Gasteiger partial charge in [0.05, 0.1) is 11.1 Å².